The van der Waals surface area contributed by atoms with Crippen molar-refractivity contribution in [3.8, 4) is 23.3 Å². The molecule has 0 unspecified atom stereocenters. The van der Waals surface area contributed by atoms with Crippen LogP contribution in [0.25, 0.3) is 12.2 Å². The molecule has 2 rings (SSSR count). The van der Waals surface area contributed by atoms with Gasteiger partial charge >= 0.3 is 0 Å². The van der Waals surface area contributed by atoms with E-state index >= 15 is 0 Å². The predicted octanol–water partition coefficient (Wildman–Crippen LogP) is 2.70. The van der Waals surface area contributed by atoms with E-state index in [1.165, 1.54) is 0 Å². The summed E-state index contributed by atoms with van der Waals surface area (Å²) in [5.74, 6) is 2.07. The molecule has 0 atom stereocenters. The normalized spacial score (nSPS) is 10.4. The first-order valence-corrected chi connectivity index (χ1v) is 7.93. The standard InChI is InChI=1S/C18H21N5O3/c1-12-14(21-18(23-22-12)20-9-5-8-19)7-6-13-10-15(24-2)17(26-4)16(11-13)25-3/h6-7,10-11H,5,9H2,1-4H3,(H,20,21,23)/b7-6+. The molecule has 0 aliphatic rings. The second-order valence-electron chi connectivity index (χ2n) is 5.23. The molecule has 1 N–H and O–H groups in total. The SMILES string of the molecule is COc1cc(/C=C/c2nc(NCCC#N)nnc2C)cc(OC)c1OC. The quantitative estimate of drug-likeness (QED) is 0.721. The van der Waals surface area contributed by atoms with E-state index < -0.39 is 0 Å². The summed E-state index contributed by atoms with van der Waals surface area (Å²) in [6, 6.07) is 5.74. The second kappa shape index (κ2) is 9.22. The minimum Gasteiger partial charge on any atom is -0.493 e. The van der Waals surface area contributed by atoms with Crippen LogP contribution in [0.1, 0.15) is 23.4 Å². The van der Waals surface area contributed by atoms with Gasteiger partial charge in [0.1, 0.15) is 0 Å². The van der Waals surface area contributed by atoms with E-state index in [2.05, 4.69) is 26.6 Å². The Morgan fingerprint density at radius 2 is 1.77 bits per heavy atom. The van der Waals surface area contributed by atoms with Crippen molar-refractivity contribution < 1.29 is 14.2 Å². The number of aromatic nitrogens is 3. The lowest BCUT2D eigenvalue weighted by atomic mass is 10.1. The average Bonchev–Trinajstić information content (AvgIpc) is 2.67. The van der Waals surface area contributed by atoms with Crippen molar-refractivity contribution in [2.24, 2.45) is 0 Å². The van der Waals surface area contributed by atoms with E-state index in [1.54, 1.807) is 21.3 Å². The Labute approximate surface area is 152 Å². The van der Waals surface area contributed by atoms with Gasteiger partial charge in [0.15, 0.2) is 11.5 Å². The number of benzene rings is 1. The molecule has 0 radical (unpaired) electrons. The summed E-state index contributed by atoms with van der Waals surface area (Å²) in [6.07, 6.45) is 4.08. The van der Waals surface area contributed by atoms with Crippen molar-refractivity contribution in [2.75, 3.05) is 33.2 Å². The van der Waals surface area contributed by atoms with Gasteiger partial charge in [-0.3, -0.25) is 0 Å². The summed E-state index contributed by atoms with van der Waals surface area (Å²) >= 11 is 0. The Balaban J connectivity index is 2.29. The summed E-state index contributed by atoms with van der Waals surface area (Å²) in [7, 11) is 4.71. The van der Waals surface area contributed by atoms with Crippen molar-refractivity contribution in [3.05, 3.63) is 29.1 Å². The lowest BCUT2D eigenvalue weighted by Gasteiger charge is -2.12. The first-order valence-electron chi connectivity index (χ1n) is 7.93. The zero-order valence-electron chi connectivity index (χ0n) is 15.2. The van der Waals surface area contributed by atoms with Crippen LogP contribution in [0.5, 0.6) is 17.2 Å². The summed E-state index contributed by atoms with van der Waals surface area (Å²) < 4.78 is 16.0. The minimum atomic E-state index is 0.369. The number of nitriles is 1. The van der Waals surface area contributed by atoms with Gasteiger partial charge in [0.05, 0.1) is 45.2 Å². The summed E-state index contributed by atoms with van der Waals surface area (Å²) in [6.45, 7) is 2.30. The number of anilines is 1. The molecule has 136 valence electrons. The Bertz CT molecular complexity index is 805. The third-order valence-corrected chi connectivity index (χ3v) is 3.53. The lowest BCUT2D eigenvalue weighted by molar-refractivity contribution is 0.324. The highest BCUT2D eigenvalue weighted by Gasteiger charge is 2.12. The number of hydrogen-bond donors (Lipinski definition) is 1. The maximum Gasteiger partial charge on any atom is 0.243 e. The number of nitrogens with zero attached hydrogens (tertiary/aromatic N) is 4. The third-order valence-electron chi connectivity index (χ3n) is 3.53. The molecule has 26 heavy (non-hydrogen) atoms. The van der Waals surface area contributed by atoms with Gasteiger partial charge in [-0.25, -0.2) is 4.98 Å². The molecule has 0 saturated carbocycles. The minimum absolute atomic E-state index is 0.369. The molecule has 0 spiro atoms. The number of methoxy groups -OCH3 is 3. The summed E-state index contributed by atoms with van der Waals surface area (Å²) in [5.41, 5.74) is 2.23. The summed E-state index contributed by atoms with van der Waals surface area (Å²) in [4.78, 5) is 4.41. The molecule has 0 bridgehead atoms. The van der Waals surface area contributed by atoms with Crippen LogP contribution in [0.2, 0.25) is 0 Å². The zero-order valence-corrected chi connectivity index (χ0v) is 15.2. The van der Waals surface area contributed by atoms with E-state index in [0.29, 0.717) is 47.6 Å². The van der Waals surface area contributed by atoms with Crippen molar-refractivity contribution in [1.82, 2.24) is 15.2 Å². The highest BCUT2D eigenvalue weighted by molar-refractivity contribution is 5.72. The number of rotatable bonds is 8. The molecule has 0 aliphatic heterocycles. The second-order valence-corrected chi connectivity index (χ2v) is 5.23. The molecule has 1 heterocycles. The fourth-order valence-corrected chi connectivity index (χ4v) is 2.23. The topological polar surface area (TPSA) is 102 Å². The lowest BCUT2D eigenvalue weighted by Crippen LogP contribution is -2.07. The predicted molar refractivity (Wildman–Crippen MR) is 98.3 cm³/mol. The fraction of sp³-hybridized carbons (Fsp3) is 0.333. The van der Waals surface area contributed by atoms with E-state index in [9.17, 15) is 0 Å². The summed E-state index contributed by atoms with van der Waals surface area (Å²) in [5, 5.41) is 19.6. The van der Waals surface area contributed by atoms with E-state index in [0.717, 1.165) is 5.56 Å². The Morgan fingerprint density at radius 1 is 1.08 bits per heavy atom. The van der Waals surface area contributed by atoms with Crippen LogP contribution < -0.4 is 19.5 Å². The van der Waals surface area contributed by atoms with E-state index in [1.807, 2.05) is 31.2 Å². The van der Waals surface area contributed by atoms with Gasteiger partial charge in [0.2, 0.25) is 11.7 Å². The van der Waals surface area contributed by atoms with Crippen LogP contribution in [-0.4, -0.2) is 43.1 Å². The monoisotopic (exact) mass is 355 g/mol. The van der Waals surface area contributed by atoms with Gasteiger partial charge in [-0.05, 0) is 30.7 Å². The molecule has 0 saturated heterocycles. The number of nitrogens with one attached hydrogen (secondary N) is 1. The molecule has 0 amide bonds. The third kappa shape index (κ3) is 4.60. The van der Waals surface area contributed by atoms with Gasteiger partial charge in [0.25, 0.3) is 0 Å². The van der Waals surface area contributed by atoms with Crippen LogP contribution in [0.4, 0.5) is 5.95 Å². The first-order chi connectivity index (χ1) is 12.6. The first kappa shape index (κ1) is 19.0. The number of ether oxygens (including phenoxy) is 3. The highest BCUT2D eigenvalue weighted by atomic mass is 16.5. The largest absolute Gasteiger partial charge is 0.493 e. The van der Waals surface area contributed by atoms with E-state index in [4.69, 9.17) is 19.5 Å². The molecule has 1 aromatic heterocycles. The van der Waals surface area contributed by atoms with Crippen molar-refractivity contribution in [3.63, 3.8) is 0 Å². The van der Waals surface area contributed by atoms with Crippen LogP contribution in [0.3, 0.4) is 0 Å². The van der Waals surface area contributed by atoms with Crippen LogP contribution in [-0.2, 0) is 0 Å². The van der Waals surface area contributed by atoms with E-state index in [-0.39, 0.29) is 0 Å². The zero-order chi connectivity index (χ0) is 18.9. The number of hydrogen-bond acceptors (Lipinski definition) is 8. The average molecular weight is 355 g/mol. The molecule has 2 aromatic rings. The molecular weight excluding hydrogens is 334 g/mol. The Kier molecular flexibility index (Phi) is 6.74. The fourth-order valence-electron chi connectivity index (χ4n) is 2.23. The van der Waals surface area contributed by atoms with Crippen LogP contribution >= 0.6 is 0 Å². The maximum absolute atomic E-state index is 8.59. The maximum atomic E-state index is 8.59. The molecule has 0 fully saturated rings. The molecule has 8 heteroatoms. The van der Waals surface area contributed by atoms with Crippen molar-refractivity contribution in [2.45, 2.75) is 13.3 Å². The molecule has 1 aromatic carbocycles. The van der Waals surface area contributed by atoms with Gasteiger partial charge in [-0.15, -0.1) is 10.2 Å². The smallest absolute Gasteiger partial charge is 0.243 e. The van der Waals surface area contributed by atoms with Gasteiger partial charge in [-0.1, -0.05) is 6.08 Å². The van der Waals surface area contributed by atoms with Crippen LogP contribution in [0, 0.1) is 18.3 Å². The Hall–Kier alpha value is -3.34. The Morgan fingerprint density at radius 3 is 2.35 bits per heavy atom. The van der Waals surface area contributed by atoms with Gasteiger partial charge in [0, 0.05) is 6.54 Å². The molecule has 0 aliphatic carbocycles. The van der Waals surface area contributed by atoms with Gasteiger partial charge in [-0.2, -0.15) is 5.26 Å². The van der Waals surface area contributed by atoms with Crippen molar-refractivity contribution in [1.29, 1.82) is 5.26 Å². The van der Waals surface area contributed by atoms with Crippen LogP contribution in [0.15, 0.2) is 12.1 Å². The molecule has 8 nitrogen and oxygen atoms in total. The highest BCUT2D eigenvalue weighted by Crippen LogP contribution is 2.38. The van der Waals surface area contributed by atoms with Gasteiger partial charge < -0.3 is 19.5 Å². The molecular formula is C18H21N5O3. The van der Waals surface area contributed by atoms with Crippen molar-refractivity contribution >= 4 is 18.1 Å². The number of aryl methyl sites for hydroxylation is 1.